The zero-order chi connectivity index (χ0) is 13.8. The molecular weight excluding hydrogens is 240 g/mol. The summed E-state index contributed by atoms with van der Waals surface area (Å²) in [4.78, 5) is 45.6. The summed E-state index contributed by atoms with van der Waals surface area (Å²) in [5, 5.41) is 0. The summed E-state index contributed by atoms with van der Waals surface area (Å²) in [6, 6.07) is 0. The number of hydrogen-bond acceptors (Lipinski definition) is 6. The predicted molar refractivity (Wildman–Crippen MR) is 59.5 cm³/mol. The molecule has 1 aliphatic carbocycles. The zero-order valence-corrected chi connectivity index (χ0v) is 10.4. The van der Waals surface area contributed by atoms with Gasteiger partial charge in [-0.2, -0.15) is 0 Å². The third kappa shape index (κ3) is 2.75. The van der Waals surface area contributed by atoms with Crippen molar-refractivity contribution < 1.29 is 28.7 Å². The molecule has 0 saturated heterocycles. The summed E-state index contributed by atoms with van der Waals surface area (Å²) < 4.78 is 8.98. The summed E-state index contributed by atoms with van der Waals surface area (Å²) in [7, 11) is 2.44. The average molecular weight is 256 g/mol. The molecule has 0 aromatic carbocycles. The first-order chi connectivity index (χ1) is 8.49. The van der Waals surface area contributed by atoms with Gasteiger partial charge in [0, 0.05) is 5.92 Å². The van der Waals surface area contributed by atoms with Crippen molar-refractivity contribution in [3.63, 3.8) is 0 Å². The Balaban J connectivity index is 2.79. The molecule has 0 radical (unpaired) electrons. The zero-order valence-electron chi connectivity index (χ0n) is 10.4. The molecule has 0 amide bonds. The van der Waals surface area contributed by atoms with Gasteiger partial charge in [-0.05, 0) is 12.8 Å². The summed E-state index contributed by atoms with van der Waals surface area (Å²) >= 11 is 0. The first-order valence-electron chi connectivity index (χ1n) is 5.63. The maximum Gasteiger partial charge on any atom is 0.306 e. The highest BCUT2D eigenvalue weighted by Crippen LogP contribution is 2.41. The second kappa shape index (κ2) is 5.75. The van der Waals surface area contributed by atoms with Gasteiger partial charge in [-0.1, -0.05) is 0 Å². The van der Waals surface area contributed by atoms with Crippen molar-refractivity contribution >= 4 is 24.0 Å². The van der Waals surface area contributed by atoms with Crippen LogP contribution in [0, 0.1) is 11.3 Å². The number of rotatable bonds is 5. The second-order valence-electron chi connectivity index (χ2n) is 4.41. The number of aldehydes is 1. The van der Waals surface area contributed by atoms with Crippen molar-refractivity contribution in [2.45, 2.75) is 25.7 Å². The largest absolute Gasteiger partial charge is 0.469 e. The molecule has 0 aromatic rings. The van der Waals surface area contributed by atoms with E-state index < -0.39 is 23.3 Å². The van der Waals surface area contributed by atoms with Crippen LogP contribution in [0.25, 0.3) is 0 Å². The van der Waals surface area contributed by atoms with Crippen molar-refractivity contribution in [2.24, 2.45) is 11.3 Å². The Morgan fingerprint density at radius 3 is 2.44 bits per heavy atom. The van der Waals surface area contributed by atoms with Gasteiger partial charge in [-0.3, -0.25) is 14.4 Å². The van der Waals surface area contributed by atoms with E-state index in [1.54, 1.807) is 0 Å². The van der Waals surface area contributed by atoms with Gasteiger partial charge in [0.25, 0.3) is 0 Å². The molecule has 0 aliphatic heterocycles. The molecule has 6 nitrogen and oxygen atoms in total. The van der Waals surface area contributed by atoms with Gasteiger partial charge in [0.05, 0.1) is 32.5 Å². The fraction of sp³-hybridized carbons (Fsp3) is 0.667. The van der Waals surface area contributed by atoms with E-state index >= 15 is 0 Å². The number of methoxy groups -OCH3 is 2. The van der Waals surface area contributed by atoms with Crippen molar-refractivity contribution in [3.8, 4) is 0 Å². The first kappa shape index (κ1) is 14.3. The average Bonchev–Trinajstić information content (AvgIpc) is 2.68. The maximum absolute atomic E-state index is 12.1. The lowest BCUT2D eigenvalue weighted by atomic mass is 9.82. The third-order valence-corrected chi connectivity index (χ3v) is 3.35. The van der Waals surface area contributed by atoms with Crippen molar-refractivity contribution in [2.75, 3.05) is 14.2 Å². The summed E-state index contributed by atoms with van der Waals surface area (Å²) in [6.45, 7) is 0. The van der Waals surface area contributed by atoms with Crippen LogP contribution in [-0.4, -0.2) is 38.2 Å². The van der Waals surface area contributed by atoms with Gasteiger partial charge in [0.15, 0.2) is 0 Å². The monoisotopic (exact) mass is 256 g/mol. The fourth-order valence-electron chi connectivity index (χ4n) is 2.24. The molecule has 100 valence electrons. The lowest BCUT2D eigenvalue weighted by Gasteiger charge is -2.19. The van der Waals surface area contributed by atoms with Gasteiger partial charge >= 0.3 is 11.9 Å². The molecule has 1 fully saturated rings. The van der Waals surface area contributed by atoms with Crippen LogP contribution in [0.1, 0.15) is 25.7 Å². The highest BCUT2D eigenvalue weighted by molar-refractivity contribution is 6.04. The van der Waals surface area contributed by atoms with Crippen LogP contribution in [0.2, 0.25) is 0 Å². The lowest BCUT2D eigenvalue weighted by Crippen LogP contribution is -2.34. The number of Topliss-reactive ketones (excluding diaryl/α,β-unsaturated/α-hetero) is 1. The number of ketones is 1. The van der Waals surface area contributed by atoms with Gasteiger partial charge in [0.1, 0.15) is 12.1 Å². The van der Waals surface area contributed by atoms with E-state index in [1.165, 1.54) is 14.2 Å². The third-order valence-electron chi connectivity index (χ3n) is 3.35. The Labute approximate surface area is 105 Å². The number of carbonyl (C=O) groups excluding carboxylic acids is 4. The quantitative estimate of drug-likeness (QED) is 0.399. The number of esters is 2. The van der Waals surface area contributed by atoms with E-state index in [0.717, 1.165) is 0 Å². The summed E-state index contributed by atoms with van der Waals surface area (Å²) in [5.41, 5.74) is -1.33. The Morgan fingerprint density at radius 2 is 1.94 bits per heavy atom. The van der Waals surface area contributed by atoms with E-state index in [9.17, 15) is 19.2 Å². The second-order valence-corrected chi connectivity index (χ2v) is 4.41. The standard InChI is InChI=1S/C12H16O6/c1-17-9(14)5-8-3-4-12(7-13,11(8)16)6-10(15)18-2/h7-8H,3-6H2,1-2H3. The van der Waals surface area contributed by atoms with Crippen molar-refractivity contribution in [1.82, 2.24) is 0 Å². The van der Waals surface area contributed by atoms with E-state index in [4.69, 9.17) is 0 Å². The molecule has 1 aliphatic rings. The van der Waals surface area contributed by atoms with E-state index in [1.807, 2.05) is 0 Å². The van der Waals surface area contributed by atoms with E-state index in [2.05, 4.69) is 9.47 Å². The van der Waals surface area contributed by atoms with Crippen LogP contribution >= 0.6 is 0 Å². The molecule has 18 heavy (non-hydrogen) atoms. The van der Waals surface area contributed by atoms with Gasteiger partial charge < -0.3 is 14.3 Å². The van der Waals surface area contributed by atoms with Crippen LogP contribution in [0.15, 0.2) is 0 Å². The van der Waals surface area contributed by atoms with Gasteiger partial charge in [-0.15, -0.1) is 0 Å². The normalized spacial score (nSPS) is 26.8. The molecule has 1 rings (SSSR count). The van der Waals surface area contributed by atoms with Crippen LogP contribution in [0.4, 0.5) is 0 Å². The van der Waals surface area contributed by atoms with E-state index in [0.29, 0.717) is 12.7 Å². The van der Waals surface area contributed by atoms with Crippen LogP contribution in [0.3, 0.4) is 0 Å². The number of ether oxygens (including phenoxy) is 2. The SMILES string of the molecule is COC(=O)CC1CCC(C=O)(CC(=O)OC)C1=O. The van der Waals surface area contributed by atoms with Crippen LogP contribution in [-0.2, 0) is 28.7 Å². The highest BCUT2D eigenvalue weighted by Gasteiger charge is 2.49. The Hall–Kier alpha value is -1.72. The maximum atomic E-state index is 12.1. The topological polar surface area (TPSA) is 86.7 Å². The van der Waals surface area contributed by atoms with Crippen molar-refractivity contribution in [1.29, 1.82) is 0 Å². The van der Waals surface area contributed by atoms with Crippen LogP contribution in [0.5, 0.6) is 0 Å². The molecule has 2 unspecified atom stereocenters. The molecule has 6 heteroatoms. The molecule has 2 atom stereocenters. The molecule has 0 heterocycles. The Kier molecular flexibility index (Phi) is 4.58. The minimum atomic E-state index is -1.33. The number of carbonyl (C=O) groups is 4. The minimum absolute atomic E-state index is 0.0495. The number of hydrogen-bond donors (Lipinski definition) is 0. The van der Waals surface area contributed by atoms with Crippen LogP contribution < -0.4 is 0 Å². The lowest BCUT2D eigenvalue weighted by molar-refractivity contribution is -0.150. The Morgan fingerprint density at radius 1 is 1.33 bits per heavy atom. The summed E-state index contributed by atoms with van der Waals surface area (Å²) in [5.74, 6) is -2.01. The molecule has 0 bridgehead atoms. The predicted octanol–water partition coefficient (Wildman–Crippen LogP) is 0.277. The molecule has 1 saturated carbocycles. The van der Waals surface area contributed by atoms with Crippen molar-refractivity contribution in [3.05, 3.63) is 0 Å². The smallest absolute Gasteiger partial charge is 0.306 e. The minimum Gasteiger partial charge on any atom is -0.469 e. The highest BCUT2D eigenvalue weighted by atomic mass is 16.5. The van der Waals surface area contributed by atoms with Gasteiger partial charge in [0.2, 0.25) is 0 Å². The summed E-state index contributed by atoms with van der Waals surface area (Å²) in [6.07, 6.45) is 0.870. The fourth-order valence-corrected chi connectivity index (χ4v) is 2.24. The van der Waals surface area contributed by atoms with Gasteiger partial charge in [-0.25, -0.2) is 0 Å². The first-order valence-corrected chi connectivity index (χ1v) is 5.63. The molecule has 0 aromatic heterocycles. The van der Waals surface area contributed by atoms with E-state index in [-0.39, 0.29) is 25.0 Å². The Bertz CT molecular complexity index is 375. The molecule has 0 spiro atoms. The molecule has 0 N–H and O–H groups in total. The molecular formula is C12H16O6.